The summed E-state index contributed by atoms with van der Waals surface area (Å²) in [6, 6.07) is 8.88. The van der Waals surface area contributed by atoms with Gasteiger partial charge in [-0.25, -0.2) is 12.8 Å². The summed E-state index contributed by atoms with van der Waals surface area (Å²) in [6.45, 7) is 3.49. The second kappa shape index (κ2) is 10.8. The van der Waals surface area contributed by atoms with Crippen LogP contribution in [0.15, 0.2) is 30.3 Å². The van der Waals surface area contributed by atoms with Crippen molar-refractivity contribution < 1.29 is 22.3 Å². The number of alkyl halides is 1. The van der Waals surface area contributed by atoms with Crippen LogP contribution in [0.2, 0.25) is 0 Å². The van der Waals surface area contributed by atoms with Crippen molar-refractivity contribution in [1.82, 2.24) is 14.5 Å². The molecule has 10 heteroatoms. The smallest absolute Gasteiger partial charge is 0.253 e. The summed E-state index contributed by atoms with van der Waals surface area (Å²) in [7, 11) is -1.75. The van der Waals surface area contributed by atoms with Gasteiger partial charge in [0.05, 0.1) is 11.3 Å². The van der Waals surface area contributed by atoms with Gasteiger partial charge in [0.15, 0.2) is 0 Å². The molecule has 1 aromatic carbocycles. The van der Waals surface area contributed by atoms with Gasteiger partial charge < -0.3 is 10.1 Å². The van der Waals surface area contributed by atoms with E-state index in [0.29, 0.717) is 44.6 Å². The lowest BCUT2D eigenvalue weighted by Crippen LogP contribution is -2.69. The standard InChI is InChI=1S/C22H34FN3O4S2/c1-4-14-32(28,29)26-12-10-25(11-13-26)22(16-18(23)15-19(22)31-3)21(30-2)24-20(27)17-8-6-5-7-9-17/h5-9,18-19,21H,4,10-16H2,1-3H3,(H,24,27). The Morgan fingerprint density at radius 1 is 1.28 bits per heavy atom. The van der Waals surface area contributed by atoms with Crippen LogP contribution in [0.25, 0.3) is 0 Å². The number of nitrogens with one attached hydrogen (secondary N) is 1. The van der Waals surface area contributed by atoms with Gasteiger partial charge in [-0.05, 0) is 31.2 Å². The molecule has 1 saturated heterocycles. The lowest BCUT2D eigenvalue weighted by atomic mass is 9.90. The van der Waals surface area contributed by atoms with Crippen molar-refractivity contribution in [1.29, 1.82) is 0 Å². The van der Waals surface area contributed by atoms with E-state index in [1.165, 1.54) is 11.4 Å². The maximum atomic E-state index is 14.8. The number of carbonyl (C=O) groups excluding carboxylic acids is 1. The zero-order valence-corrected chi connectivity index (χ0v) is 20.6. The van der Waals surface area contributed by atoms with Crippen LogP contribution in [0.4, 0.5) is 4.39 Å². The van der Waals surface area contributed by atoms with Crippen molar-refractivity contribution in [2.75, 3.05) is 45.3 Å². The predicted octanol–water partition coefficient (Wildman–Crippen LogP) is 2.35. The van der Waals surface area contributed by atoms with Crippen molar-refractivity contribution in [2.45, 2.75) is 49.4 Å². The quantitative estimate of drug-likeness (QED) is 0.539. The molecule has 180 valence electrons. The summed E-state index contributed by atoms with van der Waals surface area (Å²) in [5.74, 6) is -0.144. The van der Waals surface area contributed by atoms with Crippen LogP contribution < -0.4 is 5.32 Å². The van der Waals surface area contributed by atoms with E-state index in [-0.39, 0.29) is 23.3 Å². The lowest BCUT2D eigenvalue weighted by molar-refractivity contribution is -0.0739. The lowest BCUT2D eigenvalue weighted by Gasteiger charge is -2.51. The number of halogens is 1. The number of benzene rings is 1. The number of carbonyl (C=O) groups is 1. The first kappa shape index (κ1) is 25.4. The van der Waals surface area contributed by atoms with Crippen molar-refractivity contribution >= 4 is 27.7 Å². The third-order valence-corrected chi connectivity index (χ3v) is 9.78. The van der Waals surface area contributed by atoms with Crippen LogP contribution in [0.5, 0.6) is 0 Å². The minimum atomic E-state index is -3.28. The van der Waals surface area contributed by atoms with Crippen LogP contribution in [-0.2, 0) is 14.8 Å². The number of nitrogens with zero attached hydrogens (tertiary/aromatic N) is 2. The van der Waals surface area contributed by atoms with Crippen molar-refractivity contribution in [3.05, 3.63) is 35.9 Å². The first-order valence-electron chi connectivity index (χ1n) is 11.1. The van der Waals surface area contributed by atoms with Gasteiger partial charge in [-0.3, -0.25) is 9.69 Å². The number of piperazine rings is 1. The average Bonchev–Trinajstić information content (AvgIpc) is 3.15. The number of methoxy groups -OCH3 is 1. The van der Waals surface area contributed by atoms with E-state index < -0.39 is 28.0 Å². The van der Waals surface area contributed by atoms with E-state index in [1.807, 2.05) is 19.2 Å². The Bertz CT molecular complexity index is 865. The molecule has 1 aliphatic carbocycles. The predicted molar refractivity (Wildman–Crippen MR) is 126 cm³/mol. The van der Waals surface area contributed by atoms with E-state index in [4.69, 9.17) is 4.74 Å². The van der Waals surface area contributed by atoms with Crippen LogP contribution in [0.3, 0.4) is 0 Å². The van der Waals surface area contributed by atoms with Crippen LogP contribution >= 0.6 is 11.8 Å². The number of hydrogen-bond donors (Lipinski definition) is 1. The van der Waals surface area contributed by atoms with E-state index in [9.17, 15) is 17.6 Å². The van der Waals surface area contributed by atoms with E-state index >= 15 is 0 Å². The molecule has 7 nitrogen and oxygen atoms in total. The number of rotatable bonds is 9. The van der Waals surface area contributed by atoms with E-state index in [1.54, 1.807) is 36.0 Å². The second-order valence-electron chi connectivity index (χ2n) is 8.41. The van der Waals surface area contributed by atoms with E-state index in [2.05, 4.69) is 10.2 Å². The molecule has 0 aromatic heterocycles. The summed E-state index contributed by atoms with van der Waals surface area (Å²) < 4.78 is 47.2. The van der Waals surface area contributed by atoms with Crippen LogP contribution in [0.1, 0.15) is 36.5 Å². The summed E-state index contributed by atoms with van der Waals surface area (Å²) >= 11 is 1.57. The molecule has 2 fully saturated rings. The molecule has 3 rings (SSSR count). The number of amides is 1. The van der Waals surface area contributed by atoms with Gasteiger partial charge in [0.2, 0.25) is 10.0 Å². The number of thioether (sulfide) groups is 1. The van der Waals surface area contributed by atoms with Crippen molar-refractivity contribution in [2.24, 2.45) is 0 Å². The van der Waals surface area contributed by atoms with Gasteiger partial charge in [0.25, 0.3) is 5.91 Å². The first-order chi connectivity index (χ1) is 15.3. The van der Waals surface area contributed by atoms with Gasteiger partial charge in [0, 0.05) is 50.5 Å². The van der Waals surface area contributed by atoms with Gasteiger partial charge >= 0.3 is 0 Å². The molecule has 1 aliphatic heterocycles. The molecular weight excluding hydrogens is 453 g/mol. The maximum Gasteiger partial charge on any atom is 0.253 e. The Kier molecular flexibility index (Phi) is 8.59. The molecule has 2 aliphatic rings. The van der Waals surface area contributed by atoms with E-state index in [0.717, 1.165) is 0 Å². The molecule has 4 unspecified atom stereocenters. The summed E-state index contributed by atoms with van der Waals surface area (Å²) in [4.78, 5) is 15.1. The minimum Gasteiger partial charge on any atom is -0.360 e. The molecule has 32 heavy (non-hydrogen) atoms. The molecule has 4 atom stereocenters. The third-order valence-electron chi connectivity index (χ3n) is 6.53. The molecule has 0 spiro atoms. The molecule has 1 heterocycles. The van der Waals surface area contributed by atoms with Crippen LogP contribution in [-0.4, -0.2) is 92.0 Å². The molecule has 0 bridgehead atoms. The monoisotopic (exact) mass is 487 g/mol. The van der Waals surface area contributed by atoms with Crippen molar-refractivity contribution in [3.8, 4) is 0 Å². The molecule has 0 radical (unpaired) electrons. The molecule has 1 aromatic rings. The summed E-state index contributed by atoms with van der Waals surface area (Å²) in [5.41, 5.74) is -0.255. The SMILES string of the molecule is CCCS(=O)(=O)N1CCN(C2(C(NC(=O)c3ccccc3)OC)CC(F)CC2SC)CC1. The highest BCUT2D eigenvalue weighted by atomic mass is 32.2. The molecule has 1 saturated carbocycles. The fourth-order valence-corrected chi connectivity index (χ4v) is 7.70. The van der Waals surface area contributed by atoms with Gasteiger partial charge in [0.1, 0.15) is 12.4 Å². The van der Waals surface area contributed by atoms with Gasteiger partial charge in [-0.1, -0.05) is 25.1 Å². The first-order valence-corrected chi connectivity index (χ1v) is 14.0. The van der Waals surface area contributed by atoms with Crippen molar-refractivity contribution in [3.63, 3.8) is 0 Å². The highest BCUT2D eigenvalue weighted by molar-refractivity contribution is 7.99. The fraction of sp³-hybridized carbons (Fsp3) is 0.682. The minimum absolute atomic E-state index is 0.0997. The third kappa shape index (κ3) is 5.14. The molecular formula is C22H34FN3O4S2. The highest BCUT2D eigenvalue weighted by Gasteiger charge is 2.57. The zero-order chi connectivity index (χ0) is 23.4. The highest BCUT2D eigenvalue weighted by Crippen LogP contribution is 2.46. The number of sulfonamides is 1. The Balaban J connectivity index is 1.86. The maximum absolute atomic E-state index is 14.8. The normalized spacial score (nSPS) is 28.5. The Morgan fingerprint density at radius 2 is 1.94 bits per heavy atom. The number of ether oxygens (including phenoxy) is 1. The average molecular weight is 488 g/mol. The Morgan fingerprint density at radius 3 is 2.50 bits per heavy atom. The number of hydrogen-bond acceptors (Lipinski definition) is 6. The Labute approximate surface area is 195 Å². The summed E-state index contributed by atoms with van der Waals surface area (Å²) in [6.07, 6.45) is 1.38. The fourth-order valence-electron chi connectivity index (χ4n) is 5.03. The second-order valence-corrected chi connectivity index (χ2v) is 11.5. The molecule has 1 amide bonds. The molecule has 1 N–H and O–H groups in total. The summed E-state index contributed by atoms with van der Waals surface area (Å²) in [5, 5.41) is 2.90. The zero-order valence-electron chi connectivity index (χ0n) is 19.0. The van der Waals surface area contributed by atoms with Gasteiger partial charge in [-0.2, -0.15) is 16.1 Å². The van der Waals surface area contributed by atoms with Crippen LogP contribution in [0, 0.1) is 0 Å². The van der Waals surface area contributed by atoms with Gasteiger partial charge in [-0.15, -0.1) is 0 Å². The largest absolute Gasteiger partial charge is 0.360 e. The topological polar surface area (TPSA) is 79.0 Å². The Hall–Kier alpha value is -1.20.